The second kappa shape index (κ2) is 9.78. The molecule has 1 heterocycles. The van der Waals surface area contributed by atoms with Gasteiger partial charge in [0.25, 0.3) is 0 Å². The maximum Gasteiger partial charge on any atom is 0.232 e. The van der Waals surface area contributed by atoms with Gasteiger partial charge in [0.2, 0.25) is 11.8 Å². The summed E-state index contributed by atoms with van der Waals surface area (Å²) in [4.78, 5) is 28.5. The molecule has 6 heteroatoms. The molecular weight excluding hydrogens is 354 g/mol. The van der Waals surface area contributed by atoms with Crippen LogP contribution in [0.2, 0.25) is 0 Å². The van der Waals surface area contributed by atoms with Crippen LogP contribution in [0, 0.1) is 0 Å². The molecule has 1 aliphatic rings. The minimum atomic E-state index is -0.210. The second-order valence-electron chi connectivity index (χ2n) is 6.83. The molecule has 0 saturated carbocycles. The summed E-state index contributed by atoms with van der Waals surface area (Å²) in [5.41, 5.74) is 2.29. The average molecular weight is 381 g/mol. The van der Waals surface area contributed by atoms with Gasteiger partial charge >= 0.3 is 0 Å². The number of nitrogens with one attached hydrogen (secondary N) is 1. The van der Waals surface area contributed by atoms with Gasteiger partial charge in [-0.05, 0) is 36.2 Å². The van der Waals surface area contributed by atoms with Gasteiger partial charge in [-0.3, -0.25) is 9.59 Å². The van der Waals surface area contributed by atoms with Crippen molar-refractivity contribution in [3.8, 4) is 5.75 Å². The number of carbonyl (C=O) groups excluding carboxylic acids is 2. The number of carbonyl (C=O) groups is 2. The highest BCUT2D eigenvalue weighted by Gasteiger charge is 2.22. The van der Waals surface area contributed by atoms with E-state index in [0.29, 0.717) is 19.6 Å². The van der Waals surface area contributed by atoms with Gasteiger partial charge in [-0.15, -0.1) is 0 Å². The molecule has 0 spiro atoms. The number of piperazine rings is 1. The minimum Gasteiger partial charge on any atom is -0.497 e. The van der Waals surface area contributed by atoms with Crippen LogP contribution in [0.25, 0.3) is 0 Å². The Morgan fingerprint density at radius 2 is 1.64 bits per heavy atom. The first kappa shape index (κ1) is 19.7. The van der Waals surface area contributed by atoms with Gasteiger partial charge in [0.15, 0.2) is 0 Å². The number of anilines is 1. The predicted molar refractivity (Wildman–Crippen MR) is 110 cm³/mol. The van der Waals surface area contributed by atoms with Crippen molar-refractivity contribution in [3.63, 3.8) is 0 Å². The number of hydrogen-bond donors (Lipinski definition) is 1. The zero-order chi connectivity index (χ0) is 19.8. The van der Waals surface area contributed by atoms with Gasteiger partial charge in [0.1, 0.15) is 12.2 Å². The Morgan fingerprint density at radius 3 is 2.29 bits per heavy atom. The first-order valence-corrected chi connectivity index (χ1v) is 9.63. The third kappa shape index (κ3) is 5.49. The van der Waals surface area contributed by atoms with E-state index in [1.165, 1.54) is 5.56 Å². The molecule has 0 bridgehead atoms. The van der Waals surface area contributed by atoms with Crippen molar-refractivity contribution in [2.24, 2.45) is 0 Å². The molecule has 1 aliphatic heterocycles. The molecule has 0 aliphatic carbocycles. The van der Waals surface area contributed by atoms with Gasteiger partial charge in [0.05, 0.1) is 7.11 Å². The summed E-state index contributed by atoms with van der Waals surface area (Å²) in [6, 6.07) is 17.9. The van der Waals surface area contributed by atoms with Gasteiger partial charge < -0.3 is 19.9 Å². The quantitative estimate of drug-likeness (QED) is 0.746. The molecule has 148 valence electrons. The third-order valence-electron chi connectivity index (χ3n) is 4.96. The first-order chi connectivity index (χ1) is 13.7. The van der Waals surface area contributed by atoms with E-state index in [0.717, 1.165) is 30.9 Å². The van der Waals surface area contributed by atoms with E-state index >= 15 is 0 Å². The van der Waals surface area contributed by atoms with Crippen LogP contribution >= 0.6 is 0 Å². The molecule has 1 N–H and O–H groups in total. The maximum absolute atomic E-state index is 12.4. The maximum atomic E-state index is 12.4. The summed E-state index contributed by atoms with van der Waals surface area (Å²) < 4.78 is 5.19. The molecule has 0 atom stereocenters. The number of methoxy groups -OCH3 is 1. The van der Waals surface area contributed by atoms with E-state index in [4.69, 9.17) is 4.74 Å². The molecule has 3 rings (SSSR count). The van der Waals surface area contributed by atoms with Gasteiger partial charge in [0, 0.05) is 38.4 Å². The van der Waals surface area contributed by atoms with Crippen molar-refractivity contribution in [1.82, 2.24) is 10.2 Å². The molecule has 1 fully saturated rings. The predicted octanol–water partition coefficient (Wildman–Crippen LogP) is 2.09. The van der Waals surface area contributed by atoms with Crippen LogP contribution in [0.5, 0.6) is 5.75 Å². The standard InChI is InChI=1S/C22H27N3O3/c1-28-20-9-7-19(8-10-20)24-13-15-25(16-14-24)22(27)17-21(26)23-12-11-18-5-3-2-4-6-18/h2-10H,11-17H2,1H3,(H,23,26). The Labute approximate surface area is 166 Å². The summed E-state index contributed by atoms with van der Waals surface area (Å²) in [5, 5.41) is 2.84. The monoisotopic (exact) mass is 381 g/mol. The average Bonchev–Trinajstić information content (AvgIpc) is 2.74. The van der Waals surface area contributed by atoms with Crippen molar-refractivity contribution in [1.29, 1.82) is 0 Å². The molecule has 28 heavy (non-hydrogen) atoms. The summed E-state index contributed by atoms with van der Waals surface area (Å²) in [6.07, 6.45) is 0.679. The first-order valence-electron chi connectivity index (χ1n) is 9.63. The fraction of sp³-hybridized carbons (Fsp3) is 0.364. The Balaban J connectivity index is 1.38. The summed E-state index contributed by atoms with van der Waals surface area (Å²) in [6.45, 7) is 3.31. The lowest BCUT2D eigenvalue weighted by atomic mass is 10.1. The molecule has 2 amide bonds. The molecule has 0 aromatic heterocycles. The molecule has 6 nitrogen and oxygen atoms in total. The van der Waals surface area contributed by atoms with Crippen LogP contribution in [0.4, 0.5) is 5.69 Å². The Kier molecular flexibility index (Phi) is 6.89. The number of hydrogen-bond acceptors (Lipinski definition) is 4. The lowest BCUT2D eigenvalue weighted by molar-refractivity contribution is -0.136. The Hall–Kier alpha value is -3.02. The van der Waals surface area contributed by atoms with Crippen molar-refractivity contribution < 1.29 is 14.3 Å². The molecule has 2 aromatic rings. The summed E-state index contributed by atoms with van der Waals surface area (Å²) >= 11 is 0. The van der Waals surface area contributed by atoms with Crippen molar-refractivity contribution in [3.05, 3.63) is 60.2 Å². The third-order valence-corrected chi connectivity index (χ3v) is 4.96. The molecule has 0 radical (unpaired) electrons. The van der Waals surface area contributed by atoms with E-state index in [9.17, 15) is 9.59 Å². The van der Waals surface area contributed by atoms with Crippen molar-refractivity contribution in [2.75, 3.05) is 44.7 Å². The molecule has 0 unspecified atom stereocenters. The lowest BCUT2D eigenvalue weighted by Gasteiger charge is -2.36. The number of nitrogens with zero attached hydrogens (tertiary/aromatic N) is 2. The minimum absolute atomic E-state index is 0.0860. The second-order valence-corrected chi connectivity index (χ2v) is 6.83. The van der Waals surface area contributed by atoms with Crippen LogP contribution < -0.4 is 15.0 Å². The largest absolute Gasteiger partial charge is 0.497 e. The Bertz CT molecular complexity index is 769. The van der Waals surface area contributed by atoms with Crippen LogP contribution in [0.15, 0.2) is 54.6 Å². The number of benzene rings is 2. The zero-order valence-electron chi connectivity index (χ0n) is 16.3. The van der Waals surface area contributed by atoms with Crippen LogP contribution in [0.3, 0.4) is 0 Å². The number of rotatable bonds is 7. The van der Waals surface area contributed by atoms with Gasteiger partial charge in [-0.1, -0.05) is 30.3 Å². The van der Waals surface area contributed by atoms with Crippen LogP contribution in [-0.2, 0) is 16.0 Å². The molecule has 2 aromatic carbocycles. The summed E-state index contributed by atoms with van der Waals surface area (Å²) in [7, 11) is 1.65. The fourth-order valence-electron chi connectivity index (χ4n) is 3.31. The van der Waals surface area contributed by atoms with Gasteiger partial charge in [-0.25, -0.2) is 0 Å². The van der Waals surface area contributed by atoms with E-state index in [2.05, 4.69) is 10.2 Å². The number of amides is 2. The summed E-state index contributed by atoms with van der Waals surface area (Å²) in [5.74, 6) is 0.515. The van der Waals surface area contributed by atoms with E-state index in [1.54, 1.807) is 12.0 Å². The fourth-order valence-corrected chi connectivity index (χ4v) is 3.31. The van der Waals surface area contributed by atoms with Gasteiger partial charge in [-0.2, -0.15) is 0 Å². The lowest BCUT2D eigenvalue weighted by Crippen LogP contribution is -2.49. The van der Waals surface area contributed by atoms with Crippen molar-refractivity contribution >= 4 is 17.5 Å². The van der Waals surface area contributed by atoms with E-state index in [1.807, 2.05) is 54.6 Å². The molecular formula is C22H27N3O3. The van der Waals surface area contributed by atoms with Crippen LogP contribution in [0.1, 0.15) is 12.0 Å². The van der Waals surface area contributed by atoms with Crippen molar-refractivity contribution in [2.45, 2.75) is 12.8 Å². The topological polar surface area (TPSA) is 61.9 Å². The SMILES string of the molecule is COc1ccc(N2CCN(C(=O)CC(=O)NCCc3ccccc3)CC2)cc1. The smallest absolute Gasteiger partial charge is 0.232 e. The highest BCUT2D eigenvalue weighted by molar-refractivity contribution is 5.97. The zero-order valence-corrected chi connectivity index (χ0v) is 16.3. The normalized spacial score (nSPS) is 13.9. The van der Waals surface area contributed by atoms with E-state index in [-0.39, 0.29) is 18.2 Å². The molecule has 1 saturated heterocycles. The highest BCUT2D eigenvalue weighted by atomic mass is 16.5. The highest BCUT2D eigenvalue weighted by Crippen LogP contribution is 2.20. The number of ether oxygens (including phenoxy) is 1. The van der Waals surface area contributed by atoms with E-state index < -0.39 is 0 Å². The van der Waals surface area contributed by atoms with Crippen LogP contribution in [-0.4, -0.2) is 56.5 Å². The Morgan fingerprint density at radius 1 is 0.964 bits per heavy atom.